The summed E-state index contributed by atoms with van der Waals surface area (Å²) in [5, 5.41) is 8.75. The van der Waals surface area contributed by atoms with Gasteiger partial charge in [-0.3, -0.25) is 9.59 Å². The molecule has 0 spiro atoms. The van der Waals surface area contributed by atoms with Crippen molar-refractivity contribution >= 4 is 11.9 Å². The highest BCUT2D eigenvalue weighted by atomic mass is 19.3. The van der Waals surface area contributed by atoms with E-state index in [0.717, 1.165) is 5.56 Å². The summed E-state index contributed by atoms with van der Waals surface area (Å²) in [5.41, 5.74) is 0.839. The lowest BCUT2D eigenvalue weighted by Crippen LogP contribution is -2.33. The number of nitrogens with zero attached hydrogens (tertiary/aromatic N) is 1. The Hall–Kier alpha value is -1.98. The summed E-state index contributed by atoms with van der Waals surface area (Å²) in [6.07, 6.45) is -0.852. The van der Waals surface area contributed by atoms with Crippen molar-refractivity contribution in [3.05, 3.63) is 35.9 Å². The molecule has 0 aromatic heterocycles. The summed E-state index contributed by atoms with van der Waals surface area (Å²) in [6.45, 7) is 0.147. The molecule has 1 fully saturated rings. The van der Waals surface area contributed by atoms with Gasteiger partial charge in [0.2, 0.25) is 5.91 Å². The van der Waals surface area contributed by atoms with Gasteiger partial charge in [-0.1, -0.05) is 30.3 Å². The molecule has 1 saturated heterocycles. The topological polar surface area (TPSA) is 57.6 Å². The van der Waals surface area contributed by atoms with E-state index < -0.39 is 30.7 Å². The van der Waals surface area contributed by atoms with Crippen LogP contribution in [0.5, 0.6) is 0 Å². The molecule has 4 nitrogen and oxygen atoms in total. The van der Waals surface area contributed by atoms with Crippen LogP contribution in [0, 0.1) is 5.92 Å². The molecule has 0 aliphatic carbocycles. The number of hydrogen-bond donors (Lipinski definition) is 1. The molecule has 1 heterocycles. The zero-order valence-electron chi connectivity index (χ0n) is 12.2. The second-order valence-electron chi connectivity index (χ2n) is 5.64. The fraction of sp³-hybridized carbons (Fsp3) is 0.500. The Morgan fingerprint density at radius 2 is 1.91 bits per heavy atom. The van der Waals surface area contributed by atoms with Crippen molar-refractivity contribution in [3.8, 4) is 0 Å². The highest BCUT2D eigenvalue weighted by molar-refractivity contribution is 5.78. The first-order valence-electron chi connectivity index (χ1n) is 7.30. The van der Waals surface area contributed by atoms with E-state index in [1.54, 1.807) is 0 Å². The molecule has 0 bridgehead atoms. The van der Waals surface area contributed by atoms with Crippen molar-refractivity contribution in [2.75, 3.05) is 13.1 Å². The van der Waals surface area contributed by atoms with Gasteiger partial charge in [-0.05, 0) is 12.0 Å². The largest absolute Gasteiger partial charge is 0.481 e. The van der Waals surface area contributed by atoms with Gasteiger partial charge in [0.05, 0.1) is 12.8 Å². The fourth-order valence-corrected chi connectivity index (χ4v) is 2.72. The number of rotatable bonds is 4. The van der Waals surface area contributed by atoms with E-state index in [-0.39, 0.29) is 31.8 Å². The van der Waals surface area contributed by atoms with Crippen molar-refractivity contribution in [1.29, 1.82) is 0 Å². The first-order chi connectivity index (χ1) is 10.4. The van der Waals surface area contributed by atoms with Gasteiger partial charge in [0.25, 0.3) is 5.92 Å². The van der Waals surface area contributed by atoms with Gasteiger partial charge in [0.1, 0.15) is 0 Å². The van der Waals surface area contributed by atoms with E-state index in [0.29, 0.717) is 0 Å². The maximum absolute atomic E-state index is 14.0. The van der Waals surface area contributed by atoms with Crippen LogP contribution in [0.1, 0.15) is 24.8 Å². The summed E-state index contributed by atoms with van der Waals surface area (Å²) in [5.74, 6) is -5.67. The third-order valence-corrected chi connectivity index (χ3v) is 4.03. The molecule has 2 rings (SSSR count). The zero-order valence-corrected chi connectivity index (χ0v) is 12.2. The van der Waals surface area contributed by atoms with Crippen molar-refractivity contribution in [2.45, 2.75) is 31.6 Å². The number of alkyl halides is 2. The molecule has 1 aromatic carbocycles. The molecule has 1 N–H and O–H groups in total. The maximum atomic E-state index is 14.0. The molecule has 1 atom stereocenters. The summed E-state index contributed by atoms with van der Waals surface area (Å²) < 4.78 is 27.9. The van der Waals surface area contributed by atoms with Crippen LogP contribution in [0.15, 0.2) is 30.3 Å². The van der Waals surface area contributed by atoms with Crippen molar-refractivity contribution in [1.82, 2.24) is 4.90 Å². The molecule has 1 amide bonds. The average Bonchev–Trinajstić information content (AvgIpc) is 2.59. The standard InChI is InChI=1S/C16H19F2NO3/c17-16(18)7-9-19(8-6-13(16)11-15(21)22)14(20)10-12-4-2-1-3-5-12/h1-5,13H,6-11H2,(H,21,22). The van der Waals surface area contributed by atoms with Gasteiger partial charge in [-0.2, -0.15) is 0 Å². The van der Waals surface area contributed by atoms with Crippen LogP contribution in [-0.4, -0.2) is 40.9 Å². The Morgan fingerprint density at radius 1 is 1.23 bits per heavy atom. The van der Waals surface area contributed by atoms with Crippen LogP contribution in [0.3, 0.4) is 0 Å². The van der Waals surface area contributed by atoms with Gasteiger partial charge in [0, 0.05) is 25.4 Å². The SMILES string of the molecule is O=C(O)CC1CCN(C(=O)Cc2ccccc2)CCC1(F)F. The van der Waals surface area contributed by atoms with Crippen LogP contribution in [0.2, 0.25) is 0 Å². The molecule has 1 aromatic rings. The molecule has 0 radical (unpaired) electrons. The monoisotopic (exact) mass is 311 g/mol. The van der Waals surface area contributed by atoms with Gasteiger partial charge in [-0.15, -0.1) is 0 Å². The predicted octanol–water partition coefficient (Wildman–Crippen LogP) is 2.58. The lowest BCUT2D eigenvalue weighted by atomic mass is 9.93. The van der Waals surface area contributed by atoms with Gasteiger partial charge in [0.15, 0.2) is 0 Å². The van der Waals surface area contributed by atoms with E-state index in [9.17, 15) is 18.4 Å². The molecule has 22 heavy (non-hydrogen) atoms. The second-order valence-corrected chi connectivity index (χ2v) is 5.64. The second kappa shape index (κ2) is 6.85. The Bertz CT molecular complexity index is 533. The highest BCUT2D eigenvalue weighted by Gasteiger charge is 2.43. The smallest absolute Gasteiger partial charge is 0.303 e. The van der Waals surface area contributed by atoms with Crippen molar-refractivity contribution < 1.29 is 23.5 Å². The van der Waals surface area contributed by atoms with Crippen LogP contribution >= 0.6 is 0 Å². The van der Waals surface area contributed by atoms with E-state index in [1.165, 1.54) is 4.90 Å². The number of amides is 1. The number of hydrogen-bond acceptors (Lipinski definition) is 2. The van der Waals surface area contributed by atoms with E-state index >= 15 is 0 Å². The number of carboxylic acid groups (broad SMARTS) is 1. The van der Waals surface area contributed by atoms with Gasteiger partial charge in [-0.25, -0.2) is 8.78 Å². The summed E-state index contributed by atoms with van der Waals surface area (Å²) >= 11 is 0. The minimum Gasteiger partial charge on any atom is -0.481 e. The molecule has 6 heteroatoms. The number of halogens is 2. The average molecular weight is 311 g/mol. The third kappa shape index (κ3) is 4.26. The van der Waals surface area contributed by atoms with Gasteiger partial charge < -0.3 is 10.0 Å². The number of carboxylic acids is 1. The fourth-order valence-electron chi connectivity index (χ4n) is 2.72. The maximum Gasteiger partial charge on any atom is 0.303 e. The minimum absolute atomic E-state index is 0.0137. The van der Waals surface area contributed by atoms with E-state index in [1.807, 2.05) is 30.3 Å². The molecule has 1 aliphatic heterocycles. The lowest BCUT2D eigenvalue weighted by molar-refractivity contribution is -0.143. The number of aliphatic carboxylic acids is 1. The number of likely N-dealkylation sites (tertiary alicyclic amines) is 1. The van der Waals surface area contributed by atoms with Crippen LogP contribution < -0.4 is 0 Å². The van der Waals surface area contributed by atoms with Crippen LogP contribution in [0.4, 0.5) is 8.78 Å². The molecular formula is C16H19F2NO3. The van der Waals surface area contributed by atoms with E-state index in [2.05, 4.69) is 0 Å². The summed E-state index contributed by atoms with van der Waals surface area (Å²) in [7, 11) is 0. The Labute approximate surface area is 127 Å². The number of carbonyl (C=O) groups is 2. The zero-order chi connectivity index (χ0) is 16.2. The predicted molar refractivity (Wildman–Crippen MR) is 76.6 cm³/mol. The Morgan fingerprint density at radius 3 is 2.55 bits per heavy atom. The Kier molecular flexibility index (Phi) is 5.11. The van der Waals surface area contributed by atoms with Gasteiger partial charge >= 0.3 is 5.97 Å². The molecular weight excluding hydrogens is 292 g/mol. The number of benzene rings is 1. The third-order valence-electron chi connectivity index (χ3n) is 4.03. The normalized spacial score (nSPS) is 21.2. The quantitative estimate of drug-likeness (QED) is 0.930. The molecule has 1 unspecified atom stereocenters. The first kappa shape index (κ1) is 16.4. The summed E-state index contributed by atoms with van der Waals surface area (Å²) in [6, 6.07) is 9.12. The van der Waals surface area contributed by atoms with Crippen molar-refractivity contribution in [2.24, 2.45) is 5.92 Å². The minimum atomic E-state index is -3.04. The van der Waals surface area contributed by atoms with E-state index in [4.69, 9.17) is 5.11 Å². The molecule has 0 saturated carbocycles. The molecule has 120 valence electrons. The van der Waals surface area contributed by atoms with Crippen molar-refractivity contribution in [3.63, 3.8) is 0 Å². The van der Waals surface area contributed by atoms with Crippen LogP contribution in [0.25, 0.3) is 0 Å². The Balaban J connectivity index is 1.99. The highest BCUT2D eigenvalue weighted by Crippen LogP contribution is 2.36. The van der Waals surface area contributed by atoms with Crippen LogP contribution in [-0.2, 0) is 16.0 Å². The number of carbonyl (C=O) groups excluding carboxylic acids is 1. The summed E-state index contributed by atoms with van der Waals surface area (Å²) in [4.78, 5) is 24.4. The molecule has 1 aliphatic rings. The first-order valence-corrected chi connectivity index (χ1v) is 7.30. The lowest BCUT2D eigenvalue weighted by Gasteiger charge is -2.22.